The smallest absolute Gasteiger partial charge is 0.326 e. The minimum atomic E-state index is -4.22. The van der Waals surface area contributed by atoms with Crippen LogP contribution in [-0.4, -0.2) is 40.0 Å². The molecule has 7 heteroatoms. The SMILES string of the molecule is CCC(N)C(c1cnn(C)c1)N1CC=C(C(F)(F)F)CC1. The summed E-state index contributed by atoms with van der Waals surface area (Å²) < 4.78 is 39.8. The molecule has 0 radical (unpaired) electrons. The Labute approximate surface area is 122 Å². The molecule has 21 heavy (non-hydrogen) atoms. The van der Waals surface area contributed by atoms with E-state index in [0.29, 0.717) is 6.54 Å². The lowest BCUT2D eigenvalue weighted by Gasteiger charge is -2.36. The Morgan fingerprint density at radius 2 is 2.14 bits per heavy atom. The highest BCUT2D eigenvalue weighted by Gasteiger charge is 2.37. The summed E-state index contributed by atoms with van der Waals surface area (Å²) in [5, 5.41) is 4.14. The summed E-state index contributed by atoms with van der Waals surface area (Å²) in [6.45, 7) is 2.61. The Kier molecular flexibility index (Phi) is 4.73. The minimum Gasteiger partial charge on any atom is -0.326 e. The van der Waals surface area contributed by atoms with Crippen LogP contribution in [0.5, 0.6) is 0 Å². The molecule has 1 aromatic rings. The highest BCUT2D eigenvalue weighted by Crippen LogP contribution is 2.33. The molecule has 0 saturated carbocycles. The van der Waals surface area contributed by atoms with Gasteiger partial charge in [0.05, 0.1) is 12.2 Å². The third kappa shape index (κ3) is 3.65. The zero-order valence-electron chi connectivity index (χ0n) is 12.3. The Bertz CT molecular complexity index is 507. The van der Waals surface area contributed by atoms with Crippen molar-refractivity contribution in [1.29, 1.82) is 0 Å². The molecule has 0 aromatic carbocycles. The zero-order chi connectivity index (χ0) is 15.6. The number of nitrogens with two attached hydrogens (primary N) is 1. The van der Waals surface area contributed by atoms with Crippen molar-refractivity contribution in [2.24, 2.45) is 12.8 Å². The number of rotatable bonds is 4. The molecule has 0 bridgehead atoms. The number of hydrogen-bond acceptors (Lipinski definition) is 3. The van der Waals surface area contributed by atoms with E-state index in [4.69, 9.17) is 5.73 Å². The van der Waals surface area contributed by atoms with Gasteiger partial charge in [-0.2, -0.15) is 18.3 Å². The van der Waals surface area contributed by atoms with E-state index in [2.05, 4.69) is 5.10 Å². The van der Waals surface area contributed by atoms with Crippen molar-refractivity contribution in [2.45, 2.75) is 38.0 Å². The monoisotopic (exact) mass is 302 g/mol. The molecule has 2 rings (SSSR count). The normalized spacial score (nSPS) is 20.2. The second-order valence-electron chi connectivity index (χ2n) is 5.44. The summed E-state index contributed by atoms with van der Waals surface area (Å²) in [5.74, 6) is 0. The lowest BCUT2D eigenvalue weighted by atomic mass is 9.96. The van der Waals surface area contributed by atoms with Crippen LogP contribution in [-0.2, 0) is 7.05 Å². The van der Waals surface area contributed by atoms with Crippen LogP contribution in [0, 0.1) is 0 Å². The molecule has 0 amide bonds. The number of halogens is 3. The zero-order valence-corrected chi connectivity index (χ0v) is 12.3. The quantitative estimate of drug-likeness (QED) is 0.869. The van der Waals surface area contributed by atoms with Crippen LogP contribution in [0.4, 0.5) is 13.2 Å². The number of aryl methyl sites for hydroxylation is 1. The molecule has 2 N–H and O–H groups in total. The average molecular weight is 302 g/mol. The lowest BCUT2D eigenvalue weighted by Crippen LogP contribution is -2.43. The first-order valence-corrected chi connectivity index (χ1v) is 7.07. The highest BCUT2D eigenvalue weighted by molar-refractivity contribution is 5.18. The molecule has 118 valence electrons. The first kappa shape index (κ1) is 16.0. The highest BCUT2D eigenvalue weighted by atomic mass is 19.4. The summed E-state index contributed by atoms with van der Waals surface area (Å²) in [6.07, 6.45) is 1.44. The van der Waals surface area contributed by atoms with Gasteiger partial charge in [-0.25, -0.2) is 0 Å². The fourth-order valence-corrected chi connectivity index (χ4v) is 2.74. The van der Waals surface area contributed by atoms with Crippen molar-refractivity contribution < 1.29 is 13.2 Å². The maximum absolute atomic E-state index is 12.7. The minimum absolute atomic E-state index is 0.0106. The van der Waals surface area contributed by atoms with Gasteiger partial charge in [-0.05, 0) is 12.8 Å². The topological polar surface area (TPSA) is 47.1 Å². The summed E-state index contributed by atoms with van der Waals surface area (Å²) >= 11 is 0. The molecule has 0 fully saturated rings. The first-order chi connectivity index (χ1) is 9.82. The fraction of sp³-hybridized carbons (Fsp3) is 0.643. The molecule has 0 saturated heterocycles. The molecule has 2 heterocycles. The molecule has 1 aromatic heterocycles. The van der Waals surface area contributed by atoms with Crippen LogP contribution < -0.4 is 5.73 Å². The van der Waals surface area contributed by atoms with Gasteiger partial charge in [0.15, 0.2) is 0 Å². The molecule has 2 unspecified atom stereocenters. The maximum Gasteiger partial charge on any atom is 0.412 e. The molecule has 0 spiro atoms. The summed E-state index contributed by atoms with van der Waals surface area (Å²) in [6, 6.07) is -0.232. The number of nitrogens with zero attached hydrogens (tertiary/aromatic N) is 3. The van der Waals surface area contributed by atoms with Crippen LogP contribution in [0.15, 0.2) is 24.0 Å². The van der Waals surface area contributed by atoms with Crippen molar-refractivity contribution >= 4 is 0 Å². The summed E-state index contributed by atoms with van der Waals surface area (Å²) in [4.78, 5) is 2.00. The van der Waals surface area contributed by atoms with Crippen molar-refractivity contribution in [2.75, 3.05) is 13.1 Å². The van der Waals surface area contributed by atoms with Crippen LogP contribution in [0.2, 0.25) is 0 Å². The lowest BCUT2D eigenvalue weighted by molar-refractivity contribution is -0.0965. The van der Waals surface area contributed by atoms with Gasteiger partial charge in [-0.1, -0.05) is 13.0 Å². The van der Waals surface area contributed by atoms with Crippen LogP contribution in [0.25, 0.3) is 0 Å². The van der Waals surface area contributed by atoms with E-state index < -0.39 is 11.7 Å². The second kappa shape index (κ2) is 6.19. The average Bonchev–Trinajstić information content (AvgIpc) is 2.84. The number of hydrogen-bond donors (Lipinski definition) is 1. The van der Waals surface area contributed by atoms with Crippen LogP contribution in [0.1, 0.15) is 31.4 Å². The first-order valence-electron chi connectivity index (χ1n) is 7.07. The fourth-order valence-electron chi connectivity index (χ4n) is 2.74. The molecule has 4 nitrogen and oxygen atoms in total. The van der Waals surface area contributed by atoms with Gasteiger partial charge in [0.1, 0.15) is 0 Å². The van der Waals surface area contributed by atoms with Gasteiger partial charge < -0.3 is 5.73 Å². The molecular weight excluding hydrogens is 281 g/mol. The Hall–Kier alpha value is -1.34. The number of alkyl halides is 3. The van der Waals surface area contributed by atoms with Crippen molar-refractivity contribution in [3.8, 4) is 0 Å². The second-order valence-corrected chi connectivity index (χ2v) is 5.44. The molecule has 1 aliphatic heterocycles. The van der Waals surface area contributed by atoms with Gasteiger partial charge >= 0.3 is 6.18 Å². The van der Waals surface area contributed by atoms with E-state index in [-0.39, 0.29) is 25.0 Å². The molecule has 1 aliphatic rings. The van der Waals surface area contributed by atoms with Gasteiger partial charge in [0.25, 0.3) is 0 Å². The van der Waals surface area contributed by atoms with Gasteiger partial charge in [-0.15, -0.1) is 0 Å². The van der Waals surface area contributed by atoms with E-state index in [1.54, 1.807) is 10.9 Å². The van der Waals surface area contributed by atoms with E-state index in [9.17, 15) is 13.2 Å². The number of aromatic nitrogens is 2. The van der Waals surface area contributed by atoms with Crippen molar-refractivity contribution in [1.82, 2.24) is 14.7 Å². The maximum atomic E-state index is 12.7. The standard InChI is InChI=1S/C14H21F3N4/c1-3-12(18)13(10-8-19-20(2)9-10)21-6-4-11(5-7-21)14(15,16)17/h4,8-9,12-13H,3,5-7,18H2,1-2H3. The Morgan fingerprint density at radius 3 is 2.57 bits per heavy atom. The van der Waals surface area contributed by atoms with E-state index in [0.717, 1.165) is 12.0 Å². The summed E-state index contributed by atoms with van der Waals surface area (Å²) in [7, 11) is 1.82. The molecule has 0 aliphatic carbocycles. The Balaban J connectivity index is 2.19. The van der Waals surface area contributed by atoms with E-state index in [1.165, 1.54) is 6.08 Å². The predicted octanol–water partition coefficient (Wildman–Crippen LogP) is 2.39. The summed E-state index contributed by atoms with van der Waals surface area (Å²) in [5.41, 5.74) is 6.71. The Morgan fingerprint density at radius 1 is 1.43 bits per heavy atom. The van der Waals surface area contributed by atoms with Crippen molar-refractivity contribution in [3.63, 3.8) is 0 Å². The third-order valence-electron chi connectivity index (χ3n) is 3.94. The predicted molar refractivity (Wildman–Crippen MR) is 74.5 cm³/mol. The van der Waals surface area contributed by atoms with Gasteiger partial charge in [0.2, 0.25) is 0 Å². The van der Waals surface area contributed by atoms with Gasteiger partial charge in [0, 0.05) is 43.5 Å². The third-order valence-corrected chi connectivity index (χ3v) is 3.94. The molecular formula is C14H21F3N4. The van der Waals surface area contributed by atoms with E-state index in [1.807, 2.05) is 25.1 Å². The van der Waals surface area contributed by atoms with Crippen LogP contribution in [0.3, 0.4) is 0 Å². The van der Waals surface area contributed by atoms with Crippen LogP contribution >= 0.6 is 0 Å². The largest absolute Gasteiger partial charge is 0.412 e. The van der Waals surface area contributed by atoms with Crippen molar-refractivity contribution in [3.05, 3.63) is 29.6 Å². The van der Waals surface area contributed by atoms with Gasteiger partial charge in [-0.3, -0.25) is 9.58 Å². The van der Waals surface area contributed by atoms with E-state index >= 15 is 0 Å². The molecule has 2 atom stereocenters.